The van der Waals surface area contributed by atoms with E-state index in [0.717, 1.165) is 16.9 Å². The predicted octanol–water partition coefficient (Wildman–Crippen LogP) is 5.28. The van der Waals surface area contributed by atoms with Crippen LogP contribution in [0.2, 0.25) is 0 Å². The Morgan fingerprint density at radius 2 is 1.57 bits per heavy atom. The van der Waals surface area contributed by atoms with Gasteiger partial charge < -0.3 is 10.1 Å². The molecule has 0 atom stereocenters. The van der Waals surface area contributed by atoms with Gasteiger partial charge in [-0.25, -0.2) is 9.97 Å². The van der Waals surface area contributed by atoms with Crippen LogP contribution in [0, 0.1) is 6.92 Å². The molecule has 1 heterocycles. The molecule has 30 heavy (non-hydrogen) atoms. The van der Waals surface area contributed by atoms with Gasteiger partial charge in [0.25, 0.3) is 5.91 Å². The molecule has 1 N–H and O–H groups in total. The zero-order chi connectivity index (χ0) is 20.8. The van der Waals surface area contributed by atoms with Crippen LogP contribution in [0.25, 0.3) is 11.4 Å². The van der Waals surface area contributed by atoms with Gasteiger partial charge in [0.05, 0.1) is 11.3 Å². The van der Waals surface area contributed by atoms with Crippen LogP contribution in [0.5, 0.6) is 5.75 Å². The van der Waals surface area contributed by atoms with Crippen molar-refractivity contribution in [2.45, 2.75) is 13.5 Å². The zero-order valence-corrected chi connectivity index (χ0v) is 16.6. The summed E-state index contributed by atoms with van der Waals surface area (Å²) in [5, 5.41) is 2.88. The summed E-state index contributed by atoms with van der Waals surface area (Å²) in [7, 11) is 0. The van der Waals surface area contributed by atoms with Crippen molar-refractivity contribution in [2.24, 2.45) is 0 Å². The van der Waals surface area contributed by atoms with E-state index in [1.807, 2.05) is 91.9 Å². The highest BCUT2D eigenvalue weighted by molar-refractivity contribution is 6.04. The first-order valence-electron chi connectivity index (χ1n) is 9.66. The van der Waals surface area contributed by atoms with Gasteiger partial charge in [-0.1, -0.05) is 60.7 Å². The number of aromatic nitrogens is 2. The molecule has 148 valence electrons. The van der Waals surface area contributed by atoms with Crippen LogP contribution in [0.15, 0.2) is 91.1 Å². The first kappa shape index (κ1) is 19.3. The molecule has 0 fully saturated rings. The standard InChI is InChI=1S/C25H21N3O2/c1-18-23(16-26-24(27-18)20-10-6-3-7-11-20)25(29)28-21-12-14-22(15-13-21)30-17-19-8-4-2-5-9-19/h2-16H,17H2,1H3,(H,28,29). The largest absolute Gasteiger partial charge is 0.489 e. The van der Waals surface area contributed by atoms with Crippen LogP contribution in [0.4, 0.5) is 5.69 Å². The van der Waals surface area contributed by atoms with Gasteiger partial charge in [-0.3, -0.25) is 4.79 Å². The number of aryl methyl sites for hydroxylation is 1. The zero-order valence-electron chi connectivity index (χ0n) is 16.6. The van der Waals surface area contributed by atoms with Crippen molar-refractivity contribution in [1.29, 1.82) is 0 Å². The molecule has 5 nitrogen and oxygen atoms in total. The lowest BCUT2D eigenvalue weighted by atomic mass is 10.2. The Morgan fingerprint density at radius 3 is 2.23 bits per heavy atom. The molecule has 0 saturated heterocycles. The molecule has 1 aromatic heterocycles. The normalized spacial score (nSPS) is 10.4. The third-order valence-electron chi connectivity index (χ3n) is 4.62. The van der Waals surface area contributed by atoms with E-state index < -0.39 is 0 Å². The van der Waals surface area contributed by atoms with E-state index in [1.165, 1.54) is 0 Å². The van der Waals surface area contributed by atoms with E-state index in [-0.39, 0.29) is 5.91 Å². The molecule has 0 unspecified atom stereocenters. The van der Waals surface area contributed by atoms with Crippen molar-refractivity contribution >= 4 is 11.6 Å². The highest BCUT2D eigenvalue weighted by Crippen LogP contribution is 2.19. The second-order valence-corrected chi connectivity index (χ2v) is 6.81. The summed E-state index contributed by atoms with van der Waals surface area (Å²) in [6.07, 6.45) is 1.57. The van der Waals surface area contributed by atoms with Gasteiger partial charge in [0.15, 0.2) is 5.82 Å². The van der Waals surface area contributed by atoms with E-state index in [2.05, 4.69) is 15.3 Å². The molecule has 0 aliphatic rings. The molecule has 3 aromatic carbocycles. The van der Waals surface area contributed by atoms with Gasteiger partial charge >= 0.3 is 0 Å². The molecule has 0 aliphatic heterocycles. The lowest BCUT2D eigenvalue weighted by Crippen LogP contribution is -2.15. The Morgan fingerprint density at radius 1 is 0.900 bits per heavy atom. The minimum absolute atomic E-state index is 0.245. The summed E-state index contributed by atoms with van der Waals surface area (Å²) in [6, 6.07) is 26.9. The van der Waals surface area contributed by atoms with Crippen LogP contribution in [-0.2, 0) is 6.61 Å². The minimum Gasteiger partial charge on any atom is -0.489 e. The summed E-state index contributed by atoms with van der Waals surface area (Å²) in [5.74, 6) is 1.10. The van der Waals surface area contributed by atoms with Crippen LogP contribution in [-0.4, -0.2) is 15.9 Å². The second kappa shape index (κ2) is 9.01. The number of nitrogens with zero attached hydrogens (tertiary/aromatic N) is 2. The van der Waals surface area contributed by atoms with Gasteiger partial charge in [0.1, 0.15) is 12.4 Å². The topological polar surface area (TPSA) is 64.1 Å². The number of amides is 1. The first-order chi connectivity index (χ1) is 14.7. The summed E-state index contributed by atoms with van der Waals surface area (Å²) < 4.78 is 5.78. The average molecular weight is 395 g/mol. The predicted molar refractivity (Wildman–Crippen MR) is 117 cm³/mol. The molecule has 4 aromatic rings. The molecule has 0 spiro atoms. The van der Waals surface area contributed by atoms with Crippen molar-refractivity contribution in [3.8, 4) is 17.1 Å². The van der Waals surface area contributed by atoms with Crippen molar-refractivity contribution < 1.29 is 9.53 Å². The van der Waals surface area contributed by atoms with Gasteiger partial charge in [-0.2, -0.15) is 0 Å². The molecule has 1 amide bonds. The maximum Gasteiger partial charge on any atom is 0.259 e. The minimum atomic E-state index is -0.245. The van der Waals surface area contributed by atoms with E-state index >= 15 is 0 Å². The van der Waals surface area contributed by atoms with E-state index in [9.17, 15) is 4.79 Å². The molecule has 0 radical (unpaired) electrons. The smallest absolute Gasteiger partial charge is 0.259 e. The molecule has 0 aliphatic carbocycles. The first-order valence-corrected chi connectivity index (χ1v) is 9.66. The van der Waals surface area contributed by atoms with Crippen molar-refractivity contribution in [2.75, 3.05) is 5.32 Å². The van der Waals surface area contributed by atoms with Gasteiger partial charge in [0, 0.05) is 17.4 Å². The lowest BCUT2D eigenvalue weighted by molar-refractivity contribution is 0.102. The lowest BCUT2D eigenvalue weighted by Gasteiger charge is -2.10. The van der Waals surface area contributed by atoms with Crippen LogP contribution in [0.1, 0.15) is 21.6 Å². The van der Waals surface area contributed by atoms with Gasteiger partial charge in [-0.05, 0) is 36.8 Å². The number of rotatable bonds is 6. The highest BCUT2D eigenvalue weighted by Gasteiger charge is 2.13. The molecule has 0 saturated carbocycles. The Bertz CT molecular complexity index is 1130. The molecule has 4 rings (SSSR count). The SMILES string of the molecule is Cc1nc(-c2ccccc2)ncc1C(=O)Nc1ccc(OCc2ccccc2)cc1. The third kappa shape index (κ3) is 4.70. The Hall–Kier alpha value is -3.99. The summed E-state index contributed by atoms with van der Waals surface area (Å²) in [4.78, 5) is 21.5. The number of ether oxygens (including phenoxy) is 1. The Balaban J connectivity index is 1.40. The van der Waals surface area contributed by atoms with E-state index in [1.54, 1.807) is 6.20 Å². The molecular weight excluding hydrogens is 374 g/mol. The fourth-order valence-corrected chi connectivity index (χ4v) is 2.99. The second-order valence-electron chi connectivity index (χ2n) is 6.81. The van der Waals surface area contributed by atoms with Crippen molar-refractivity contribution in [3.63, 3.8) is 0 Å². The maximum absolute atomic E-state index is 12.7. The van der Waals surface area contributed by atoms with Gasteiger partial charge in [0.2, 0.25) is 0 Å². The monoisotopic (exact) mass is 395 g/mol. The number of carbonyl (C=O) groups excluding carboxylic acids is 1. The van der Waals surface area contributed by atoms with Gasteiger partial charge in [-0.15, -0.1) is 0 Å². The maximum atomic E-state index is 12.7. The average Bonchev–Trinajstić information content (AvgIpc) is 2.80. The Labute approximate surface area is 175 Å². The van der Waals surface area contributed by atoms with Crippen LogP contribution < -0.4 is 10.1 Å². The quantitative estimate of drug-likeness (QED) is 0.482. The summed E-state index contributed by atoms with van der Waals surface area (Å²) >= 11 is 0. The number of hydrogen-bond donors (Lipinski definition) is 1. The highest BCUT2D eigenvalue weighted by atomic mass is 16.5. The number of benzene rings is 3. The molecule has 0 bridgehead atoms. The fourth-order valence-electron chi connectivity index (χ4n) is 2.99. The summed E-state index contributed by atoms with van der Waals surface area (Å²) in [6.45, 7) is 2.31. The van der Waals surface area contributed by atoms with Crippen molar-refractivity contribution in [3.05, 3.63) is 108 Å². The summed E-state index contributed by atoms with van der Waals surface area (Å²) in [5.41, 5.74) is 3.77. The van der Waals surface area contributed by atoms with Crippen LogP contribution >= 0.6 is 0 Å². The number of hydrogen-bond acceptors (Lipinski definition) is 4. The van der Waals surface area contributed by atoms with Crippen molar-refractivity contribution in [1.82, 2.24) is 9.97 Å². The van der Waals surface area contributed by atoms with E-state index in [0.29, 0.717) is 29.4 Å². The van der Waals surface area contributed by atoms with E-state index in [4.69, 9.17) is 4.74 Å². The molecule has 5 heteroatoms. The third-order valence-corrected chi connectivity index (χ3v) is 4.62. The fraction of sp³-hybridized carbons (Fsp3) is 0.0800. The van der Waals surface area contributed by atoms with Crippen LogP contribution in [0.3, 0.4) is 0 Å². The Kier molecular flexibility index (Phi) is 5.80. The number of carbonyl (C=O) groups is 1. The number of nitrogens with one attached hydrogen (secondary N) is 1. The number of anilines is 1. The molecular formula is C25H21N3O2.